The minimum Gasteiger partial charge on any atom is -0.375 e. The van der Waals surface area contributed by atoms with Crippen molar-refractivity contribution in [2.24, 2.45) is 0 Å². The summed E-state index contributed by atoms with van der Waals surface area (Å²) in [6.07, 6.45) is 0. The van der Waals surface area contributed by atoms with Crippen molar-refractivity contribution in [3.8, 4) is 0 Å². The average Bonchev–Trinajstić information content (AvgIpc) is 2.55. The highest BCUT2D eigenvalue weighted by molar-refractivity contribution is 6.35. The van der Waals surface area contributed by atoms with Gasteiger partial charge in [-0.25, -0.2) is 0 Å². The van der Waals surface area contributed by atoms with Crippen molar-refractivity contribution in [3.05, 3.63) is 58.1 Å². The average molecular weight is 366 g/mol. The van der Waals surface area contributed by atoms with Crippen LogP contribution in [0, 0.1) is 0 Å². The molecule has 2 aromatic rings. The minimum atomic E-state index is -0.263. The van der Waals surface area contributed by atoms with Crippen molar-refractivity contribution >= 4 is 46.4 Å². The van der Waals surface area contributed by atoms with Crippen molar-refractivity contribution in [2.75, 3.05) is 31.3 Å². The van der Waals surface area contributed by atoms with Crippen LogP contribution in [0.1, 0.15) is 10.4 Å². The highest BCUT2D eigenvalue weighted by Gasteiger charge is 2.10. The number of rotatable bonds is 5. The van der Waals surface area contributed by atoms with E-state index in [-0.39, 0.29) is 18.4 Å². The van der Waals surface area contributed by atoms with E-state index in [1.807, 2.05) is 0 Å². The summed E-state index contributed by atoms with van der Waals surface area (Å²) in [6, 6.07) is 11.7. The fourth-order valence-electron chi connectivity index (χ4n) is 2.00. The van der Waals surface area contributed by atoms with Crippen LogP contribution in [0.15, 0.2) is 42.5 Å². The first-order valence-corrected chi connectivity index (χ1v) is 7.93. The van der Waals surface area contributed by atoms with Crippen molar-refractivity contribution in [2.45, 2.75) is 0 Å². The molecule has 5 nitrogen and oxygen atoms in total. The van der Waals surface area contributed by atoms with Gasteiger partial charge in [-0.05, 0) is 36.4 Å². The molecule has 126 valence electrons. The molecule has 0 aromatic heterocycles. The number of anilines is 2. The van der Waals surface area contributed by atoms with Crippen LogP contribution in [0.3, 0.4) is 0 Å². The molecular weight excluding hydrogens is 349 g/mol. The molecule has 2 rings (SSSR count). The van der Waals surface area contributed by atoms with Gasteiger partial charge < -0.3 is 15.5 Å². The SMILES string of the molecule is CN(C)C(=O)c1cccc(NC(=O)CNc2cc(Cl)ccc2Cl)c1. The molecule has 0 spiro atoms. The van der Waals surface area contributed by atoms with E-state index >= 15 is 0 Å². The Morgan fingerprint density at radius 2 is 1.83 bits per heavy atom. The highest BCUT2D eigenvalue weighted by atomic mass is 35.5. The van der Waals surface area contributed by atoms with E-state index in [9.17, 15) is 9.59 Å². The molecule has 0 aliphatic carbocycles. The third-order valence-electron chi connectivity index (χ3n) is 3.17. The Balaban J connectivity index is 1.99. The molecule has 0 radical (unpaired) electrons. The van der Waals surface area contributed by atoms with Crippen LogP contribution in [-0.2, 0) is 4.79 Å². The van der Waals surface area contributed by atoms with E-state index in [1.54, 1.807) is 56.6 Å². The molecule has 0 unspecified atom stereocenters. The summed E-state index contributed by atoms with van der Waals surface area (Å²) < 4.78 is 0. The van der Waals surface area contributed by atoms with Gasteiger partial charge in [-0.2, -0.15) is 0 Å². The van der Waals surface area contributed by atoms with Crippen molar-refractivity contribution in [1.82, 2.24) is 4.90 Å². The summed E-state index contributed by atoms with van der Waals surface area (Å²) in [6.45, 7) is 0.0198. The first-order valence-electron chi connectivity index (χ1n) is 7.17. The van der Waals surface area contributed by atoms with Gasteiger partial charge in [-0.1, -0.05) is 29.3 Å². The minimum absolute atomic E-state index is 0.0198. The summed E-state index contributed by atoms with van der Waals surface area (Å²) in [7, 11) is 3.35. The third kappa shape index (κ3) is 4.88. The molecule has 0 bridgehead atoms. The number of nitrogens with zero attached hydrogens (tertiary/aromatic N) is 1. The summed E-state index contributed by atoms with van der Waals surface area (Å²) in [5, 5.41) is 6.66. The second-order valence-corrected chi connectivity index (χ2v) is 6.15. The molecule has 0 saturated heterocycles. The number of hydrogen-bond acceptors (Lipinski definition) is 3. The van der Waals surface area contributed by atoms with Gasteiger partial charge in [0.1, 0.15) is 0 Å². The van der Waals surface area contributed by atoms with Gasteiger partial charge in [0, 0.05) is 30.4 Å². The Kier molecular flexibility index (Phi) is 6.06. The van der Waals surface area contributed by atoms with Crippen molar-refractivity contribution in [1.29, 1.82) is 0 Å². The zero-order valence-electron chi connectivity index (χ0n) is 13.3. The third-order valence-corrected chi connectivity index (χ3v) is 3.73. The fourth-order valence-corrected chi connectivity index (χ4v) is 2.36. The number of nitrogens with one attached hydrogen (secondary N) is 2. The molecular formula is C17H17Cl2N3O2. The van der Waals surface area contributed by atoms with E-state index in [1.165, 1.54) is 4.90 Å². The van der Waals surface area contributed by atoms with Gasteiger partial charge in [-0.15, -0.1) is 0 Å². The van der Waals surface area contributed by atoms with Crippen molar-refractivity contribution in [3.63, 3.8) is 0 Å². The lowest BCUT2D eigenvalue weighted by Gasteiger charge is -2.12. The van der Waals surface area contributed by atoms with E-state index in [4.69, 9.17) is 23.2 Å². The molecule has 2 amide bonds. The molecule has 0 atom stereocenters. The maximum atomic E-state index is 12.1. The molecule has 0 fully saturated rings. The molecule has 0 aliphatic heterocycles. The van der Waals surface area contributed by atoms with Gasteiger partial charge in [0.15, 0.2) is 0 Å². The lowest BCUT2D eigenvalue weighted by molar-refractivity contribution is -0.114. The predicted molar refractivity (Wildman–Crippen MR) is 98.0 cm³/mol. The molecule has 0 aliphatic rings. The zero-order chi connectivity index (χ0) is 17.7. The quantitative estimate of drug-likeness (QED) is 0.847. The molecule has 24 heavy (non-hydrogen) atoms. The lowest BCUT2D eigenvalue weighted by atomic mass is 10.2. The zero-order valence-corrected chi connectivity index (χ0v) is 14.8. The van der Waals surface area contributed by atoms with Crippen LogP contribution in [0.2, 0.25) is 10.0 Å². The normalized spacial score (nSPS) is 10.2. The maximum Gasteiger partial charge on any atom is 0.253 e. The lowest BCUT2D eigenvalue weighted by Crippen LogP contribution is -2.23. The summed E-state index contributed by atoms with van der Waals surface area (Å²) >= 11 is 11.9. The van der Waals surface area contributed by atoms with E-state index < -0.39 is 0 Å². The smallest absolute Gasteiger partial charge is 0.253 e. The number of carbonyl (C=O) groups excluding carboxylic acids is 2. The topological polar surface area (TPSA) is 61.4 Å². The Morgan fingerprint density at radius 3 is 2.54 bits per heavy atom. The maximum absolute atomic E-state index is 12.1. The Labute approximate surface area is 150 Å². The molecule has 2 N–H and O–H groups in total. The van der Waals surface area contributed by atoms with Crippen molar-refractivity contribution < 1.29 is 9.59 Å². The van der Waals surface area contributed by atoms with Gasteiger partial charge in [0.2, 0.25) is 5.91 Å². The number of amides is 2. The summed E-state index contributed by atoms with van der Waals surface area (Å²) in [4.78, 5) is 25.5. The molecule has 0 saturated carbocycles. The van der Waals surface area contributed by atoms with E-state index in [0.29, 0.717) is 27.0 Å². The van der Waals surface area contributed by atoms with Crippen LogP contribution >= 0.6 is 23.2 Å². The molecule has 7 heteroatoms. The number of halogens is 2. The van der Waals surface area contributed by atoms with Crippen LogP contribution in [-0.4, -0.2) is 37.4 Å². The van der Waals surface area contributed by atoms with Crippen LogP contribution < -0.4 is 10.6 Å². The second kappa shape index (κ2) is 8.04. The summed E-state index contributed by atoms with van der Waals surface area (Å²) in [5.41, 5.74) is 1.63. The van der Waals surface area contributed by atoms with E-state index in [2.05, 4.69) is 10.6 Å². The Morgan fingerprint density at radius 1 is 1.08 bits per heavy atom. The van der Waals surface area contributed by atoms with Gasteiger partial charge in [0.05, 0.1) is 17.3 Å². The first kappa shape index (κ1) is 18.1. The van der Waals surface area contributed by atoms with E-state index in [0.717, 1.165) is 0 Å². The second-order valence-electron chi connectivity index (χ2n) is 5.31. The van der Waals surface area contributed by atoms with Gasteiger partial charge in [-0.3, -0.25) is 9.59 Å². The fraction of sp³-hybridized carbons (Fsp3) is 0.176. The van der Waals surface area contributed by atoms with Gasteiger partial charge >= 0.3 is 0 Å². The number of benzene rings is 2. The van der Waals surface area contributed by atoms with Crippen LogP contribution in [0.4, 0.5) is 11.4 Å². The molecule has 2 aromatic carbocycles. The monoisotopic (exact) mass is 365 g/mol. The first-order chi connectivity index (χ1) is 11.4. The number of hydrogen-bond donors (Lipinski definition) is 2. The largest absolute Gasteiger partial charge is 0.375 e. The standard InChI is InChI=1S/C17H17Cl2N3O2/c1-22(2)17(24)11-4-3-5-13(8-11)21-16(23)10-20-15-9-12(18)6-7-14(15)19/h3-9,20H,10H2,1-2H3,(H,21,23). The molecule has 0 heterocycles. The highest BCUT2D eigenvalue weighted by Crippen LogP contribution is 2.25. The van der Waals surface area contributed by atoms with Crippen LogP contribution in [0.25, 0.3) is 0 Å². The number of carbonyl (C=O) groups is 2. The Bertz CT molecular complexity index is 763. The van der Waals surface area contributed by atoms with Crippen LogP contribution in [0.5, 0.6) is 0 Å². The Hall–Kier alpha value is -2.24. The predicted octanol–water partition coefficient (Wildman–Crippen LogP) is 3.75. The van der Waals surface area contributed by atoms with Gasteiger partial charge in [0.25, 0.3) is 5.91 Å². The summed E-state index contributed by atoms with van der Waals surface area (Å²) in [5.74, 6) is -0.393.